The summed E-state index contributed by atoms with van der Waals surface area (Å²) in [6.07, 6.45) is 7.26. The van der Waals surface area contributed by atoms with Crippen LogP contribution in [0.2, 0.25) is 0 Å². The summed E-state index contributed by atoms with van der Waals surface area (Å²) in [6, 6.07) is 8.30. The first-order chi connectivity index (χ1) is 13.1. The zero-order valence-electron chi connectivity index (χ0n) is 16.9. The third-order valence-corrected chi connectivity index (χ3v) is 6.96. The van der Waals surface area contributed by atoms with E-state index in [9.17, 15) is 4.79 Å². The van der Waals surface area contributed by atoms with E-state index in [4.69, 9.17) is 4.74 Å². The van der Waals surface area contributed by atoms with Crippen LogP contribution in [0.25, 0.3) is 0 Å². The SMILES string of the molecule is Cc1cccc(N(CC2CCC(C)CC2)C(=O)OC2CN3CCC2CC3)c1. The second kappa shape index (κ2) is 8.22. The third kappa shape index (κ3) is 4.48. The van der Waals surface area contributed by atoms with Gasteiger partial charge in [-0.3, -0.25) is 9.80 Å². The first-order valence-electron chi connectivity index (χ1n) is 10.9. The standard InChI is InChI=1S/C23H34N2O2/c1-17-6-8-19(9-7-17)15-25(21-5-3-4-18(2)14-21)23(26)27-22-16-24-12-10-20(22)11-13-24/h3-5,14,17,19-20,22H,6-13,15-16H2,1-2H3. The molecule has 0 N–H and O–H groups in total. The molecule has 1 unspecified atom stereocenters. The minimum Gasteiger partial charge on any atom is -0.444 e. The van der Waals surface area contributed by atoms with Crippen molar-refractivity contribution in [2.24, 2.45) is 17.8 Å². The van der Waals surface area contributed by atoms with Crippen molar-refractivity contribution in [3.63, 3.8) is 0 Å². The largest absolute Gasteiger partial charge is 0.444 e. The van der Waals surface area contributed by atoms with Crippen molar-refractivity contribution >= 4 is 11.8 Å². The van der Waals surface area contributed by atoms with Crippen LogP contribution in [0, 0.1) is 24.7 Å². The molecule has 0 aromatic heterocycles. The molecular weight excluding hydrogens is 336 g/mol. The van der Waals surface area contributed by atoms with Gasteiger partial charge in [-0.05, 0) is 81.1 Å². The maximum Gasteiger partial charge on any atom is 0.414 e. The van der Waals surface area contributed by atoms with Gasteiger partial charge in [0.05, 0.1) is 0 Å². The fourth-order valence-electron chi connectivity index (χ4n) is 5.09. The van der Waals surface area contributed by atoms with Crippen molar-refractivity contribution < 1.29 is 9.53 Å². The molecule has 3 aliphatic heterocycles. The number of carbonyl (C=O) groups excluding carboxylic acids is 1. The molecule has 27 heavy (non-hydrogen) atoms. The van der Waals surface area contributed by atoms with Gasteiger partial charge in [0, 0.05) is 18.8 Å². The normalized spacial score (nSPS) is 32.9. The molecule has 5 rings (SSSR count). The van der Waals surface area contributed by atoms with Gasteiger partial charge in [-0.1, -0.05) is 31.9 Å². The molecule has 1 amide bonds. The molecule has 0 radical (unpaired) electrons. The lowest BCUT2D eigenvalue weighted by atomic mass is 9.83. The van der Waals surface area contributed by atoms with Gasteiger partial charge in [-0.15, -0.1) is 0 Å². The number of nitrogens with zero attached hydrogens (tertiary/aromatic N) is 2. The van der Waals surface area contributed by atoms with Crippen molar-refractivity contribution in [1.82, 2.24) is 4.90 Å². The van der Waals surface area contributed by atoms with Crippen LogP contribution in [0.3, 0.4) is 0 Å². The predicted octanol–water partition coefficient (Wildman–Crippen LogP) is 4.86. The van der Waals surface area contributed by atoms with Crippen LogP contribution in [-0.4, -0.2) is 43.3 Å². The Labute approximate surface area is 163 Å². The quantitative estimate of drug-likeness (QED) is 0.759. The molecule has 1 aliphatic carbocycles. The number of hydrogen-bond acceptors (Lipinski definition) is 3. The van der Waals surface area contributed by atoms with Gasteiger partial charge in [0.15, 0.2) is 0 Å². The van der Waals surface area contributed by atoms with Crippen LogP contribution >= 0.6 is 0 Å². The second-order valence-corrected chi connectivity index (χ2v) is 9.14. The van der Waals surface area contributed by atoms with Crippen molar-refractivity contribution in [2.75, 3.05) is 31.1 Å². The molecule has 4 nitrogen and oxygen atoms in total. The van der Waals surface area contributed by atoms with Crippen molar-refractivity contribution in [3.8, 4) is 0 Å². The van der Waals surface area contributed by atoms with Crippen LogP contribution in [0.15, 0.2) is 24.3 Å². The van der Waals surface area contributed by atoms with Gasteiger partial charge in [0.1, 0.15) is 6.10 Å². The summed E-state index contributed by atoms with van der Waals surface area (Å²) in [5.74, 6) is 1.96. The monoisotopic (exact) mass is 370 g/mol. The zero-order valence-corrected chi connectivity index (χ0v) is 16.9. The van der Waals surface area contributed by atoms with E-state index in [1.807, 2.05) is 11.0 Å². The lowest BCUT2D eigenvalue weighted by Gasteiger charge is -2.44. The van der Waals surface area contributed by atoms with E-state index < -0.39 is 0 Å². The molecule has 4 fully saturated rings. The van der Waals surface area contributed by atoms with Crippen LogP contribution in [-0.2, 0) is 4.74 Å². The third-order valence-electron chi connectivity index (χ3n) is 6.96. The Hall–Kier alpha value is -1.55. The Kier molecular flexibility index (Phi) is 5.72. The number of hydrogen-bond donors (Lipinski definition) is 0. The number of piperidine rings is 3. The van der Waals surface area contributed by atoms with E-state index in [-0.39, 0.29) is 12.2 Å². The number of carbonyl (C=O) groups is 1. The van der Waals surface area contributed by atoms with E-state index in [1.165, 1.54) is 57.2 Å². The average Bonchev–Trinajstić information content (AvgIpc) is 2.68. The second-order valence-electron chi connectivity index (χ2n) is 9.14. The lowest BCUT2D eigenvalue weighted by Crippen LogP contribution is -2.53. The average molecular weight is 371 g/mol. The minimum absolute atomic E-state index is 0.0682. The van der Waals surface area contributed by atoms with Crippen molar-refractivity contribution in [3.05, 3.63) is 29.8 Å². The summed E-state index contributed by atoms with van der Waals surface area (Å²) in [6.45, 7) is 8.47. The van der Waals surface area contributed by atoms with Crippen LogP contribution in [0.5, 0.6) is 0 Å². The molecule has 4 aliphatic rings. The van der Waals surface area contributed by atoms with E-state index in [0.717, 1.165) is 24.7 Å². The van der Waals surface area contributed by atoms with Gasteiger partial charge in [0.2, 0.25) is 0 Å². The maximum absolute atomic E-state index is 13.2. The highest BCUT2D eigenvalue weighted by atomic mass is 16.6. The van der Waals surface area contributed by atoms with Gasteiger partial charge in [-0.2, -0.15) is 0 Å². The summed E-state index contributed by atoms with van der Waals surface area (Å²) in [5, 5.41) is 0. The highest BCUT2D eigenvalue weighted by Crippen LogP contribution is 2.33. The van der Waals surface area contributed by atoms with Gasteiger partial charge < -0.3 is 4.74 Å². The fraction of sp³-hybridized carbons (Fsp3) is 0.696. The topological polar surface area (TPSA) is 32.8 Å². The molecule has 1 aromatic rings. The van der Waals surface area contributed by atoms with Gasteiger partial charge in [-0.25, -0.2) is 4.79 Å². The zero-order chi connectivity index (χ0) is 18.8. The van der Waals surface area contributed by atoms with E-state index >= 15 is 0 Å². The fourth-order valence-corrected chi connectivity index (χ4v) is 5.09. The number of ether oxygens (including phenoxy) is 1. The Morgan fingerprint density at radius 3 is 2.52 bits per heavy atom. The van der Waals surface area contributed by atoms with Gasteiger partial charge >= 0.3 is 6.09 Å². The molecule has 148 valence electrons. The molecule has 1 saturated carbocycles. The molecule has 1 atom stereocenters. The number of anilines is 1. The summed E-state index contributed by atoms with van der Waals surface area (Å²) in [4.78, 5) is 17.6. The molecule has 1 aromatic carbocycles. The maximum atomic E-state index is 13.2. The van der Waals surface area contributed by atoms with E-state index in [2.05, 4.69) is 36.9 Å². The number of benzene rings is 1. The molecule has 3 saturated heterocycles. The molecule has 4 heteroatoms. The van der Waals surface area contributed by atoms with E-state index in [1.54, 1.807) is 0 Å². The molecule has 3 heterocycles. The Morgan fingerprint density at radius 2 is 1.89 bits per heavy atom. The molecule has 0 spiro atoms. The first-order valence-corrected chi connectivity index (χ1v) is 10.9. The van der Waals surface area contributed by atoms with Crippen LogP contribution < -0.4 is 4.90 Å². The predicted molar refractivity (Wildman–Crippen MR) is 109 cm³/mol. The van der Waals surface area contributed by atoms with Gasteiger partial charge in [0.25, 0.3) is 0 Å². The summed E-state index contributed by atoms with van der Waals surface area (Å²) < 4.78 is 6.09. The number of amides is 1. The van der Waals surface area contributed by atoms with Crippen molar-refractivity contribution in [1.29, 1.82) is 0 Å². The Balaban J connectivity index is 1.47. The summed E-state index contributed by atoms with van der Waals surface area (Å²) in [5.41, 5.74) is 2.17. The minimum atomic E-state index is -0.141. The summed E-state index contributed by atoms with van der Waals surface area (Å²) >= 11 is 0. The molecule has 2 bridgehead atoms. The smallest absolute Gasteiger partial charge is 0.414 e. The van der Waals surface area contributed by atoms with E-state index in [0.29, 0.717) is 11.8 Å². The van der Waals surface area contributed by atoms with Crippen LogP contribution in [0.1, 0.15) is 51.0 Å². The lowest BCUT2D eigenvalue weighted by molar-refractivity contribution is -0.0312. The Morgan fingerprint density at radius 1 is 1.15 bits per heavy atom. The highest BCUT2D eigenvalue weighted by molar-refractivity contribution is 5.87. The van der Waals surface area contributed by atoms with Crippen molar-refractivity contribution in [2.45, 2.75) is 58.5 Å². The number of aryl methyl sites for hydroxylation is 1. The summed E-state index contributed by atoms with van der Waals surface area (Å²) in [7, 11) is 0. The Bertz CT molecular complexity index is 646. The number of fused-ring (bicyclic) bond motifs is 3. The van der Waals surface area contributed by atoms with Crippen LogP contribution in [0.4, 0.5) is 10.5 Å². The highest BCUT2D eigenvalue weighted by Gasteiger charge is 2.37. The molecular formula is C23H34N2O2. The first kappa shape index (κ1) is 18.8. The number of rotatable bonds is 4.